The van der Waals surface area contributed by atoms with Gasteiger partial charge in [0.15, 0.2) is 0 Å². The summed E-state index contributed by atoms with van der Waals surface area (Å²) in [6, 6.07) is 0. The van der Waals surface area contributed by atoms with Crippen molar-refractivity contribution in [1.29, 1.82) is 0 Å². The molecular weight excluding hydrogens is 214 g/mol. The van der Waals surface area contributed by atoms with Gasteiger partial charge >= 0.3 is 15.7 Å². The van der Waals surface area contributed by atoms with Gasteiger partial charge in [0, 0.05) is 0 Å². The van der Waals surface area contributed by atoms with Crippen LogP contribution in [-0.2, 0) is 13.7 Å². The van der Waals surface area contributed by atoms with E-state index in [1.165, 1.54) is 0 Å². The van der Waals surface area contributed by atoms with Crippen LogP contribution in [0.1, 0.15) is 0 Å². The molecule has 0 rings (SSSR count). The third-order valence-electron chi connectivity index (χ3n) is 0.601. The molecular formula is C3H7F2NO4P2. The maximum Gasteiger partial charge on any atom is 0.452 e. The highest BCUT2D eigenvalue weighted by Crippen LogP contribution is 2.55. The second-order valence-corrected chi connectivity index (χ2v) is 4.69. The van der Waals surface area contributed by atoms with Gasteiger partial charge in [-0.05, 0) is 0 Å². The maximum atomic E-state index is 12.4. The second kappa shape index (κ2) is 4.25. The quantitative estimate of drug-likeness (QED) is 0.547. The van der Waals surface area contributed by atoms with Crippen LogP contribution in [0.25, 0.3) is 0 Å². The largest absolute Gasteiger partial charge is 0.452 e. The highest BCUT2D eigenvalue weighted by molar-refractivity contribution is 7.66. The third kappa shape index (κ3) is 6.64. The fraction of sp³-hybridized carbons (Fsp3) is 0.333. The average Bonchev–Trinajstić information content (AvgIpc) is 1.78. The first kappa shape index (κ1) is 11.9. The monoisotopic (exact) mass is 221 g/mol. The summed E-state index contributed by atoms with van der Waals surface area (Å²) in [4.78, 5) is 8.61. The lowest BCUT2D eigenvalue weighted by Gasteiger charge is -2.08. The molecule has 9 heteroatoms. The first-order valence-corrected chi connectivity index (χ1v) is 5.70. The van der Waals surface area contributed by atoms with E-state index < -0.39 is 22.3 Å². The lowest BCUT2D eigenvalue weighted by Crippen LogP contribution is -2.03. The molecule has 2 unspecified atom stereocenters. The molecule has 0 radical (unpaired) electrons. The molecule has 0 aliphatic rings. The Hall–Kier alpha value is -0.0600. The topological polar surface area (TPSA) is 75.6 Å². The Bertz CT molecular complexity index is 251. The molecule has 72 valence electrons. The van der Waals surface area contributed by atoms with Crippen molar-refractivity contribution in [2.45, 2.75) is 0 Å². The fourth-order valence-electron chi connectivity index (χ4n) is 0.325. The molecule has 0 amide bonds. The van der Waals surface area contributed by atoms with Crippen LogP contribution in [0.2, 0.25) is 0 Å². The van der Waals surface area contributed by atoms with Crippen LogP contribution in [0.3, 0.4) is 0 Å². The minimum atomic E-state index is -5.37. The smallest absolute Gasteiger partial charge is 0.309 e. The van der Waals surface area contributed by atoms with E-state index in [0.29, 0.717) is 4.86 Å². The lowest BCUT2D eigenvalue weighted by atomic mass is 10.7. The predicted octanol–water partition coefficient (Wildman–Crippen LogP) is 1.93. The molecule has 0 fully saturated rings. The normalized spacial score (nSPS) is 20.9. The molecule has 5 nitrogen and oxygen atoms in total. The SMILES string of the molecule is C=CCOP(=O)(F)NP(=O)(O)F. The summed E-state index contributed by atoms with van der Waals surface area (Å²) in [5.74, 6) is 0. The molecule has 0 aromatic rings. The van der Waals surface area contributed by atoms with Gasteiger partial charge in [-0.25, -0.2) is 9.13 Å². The molecule has 0 saturated heterocycles. The van der Waals surface area contributed by atoms with Crippen molar-refractivity contribution in [3.05, 3.63) is 12.7 Å². The van der Waals surface area contributed by atoms with Gasteiger partial charge in [0.1, 0.15) is 0 Å². The molecule has 0 heterocycles. The highest BCUT2D eigenvalue weighted by atomic mass is 31.3. The van der Waals surface area contributed by atoms with Crippen molar-refractivity contribution in [3.8, 4) is 0 Å². The van der Waals surface area contributed by atoms with Crippen LogP contribution in [-0.4, -0.2) is 11.5 Å². The fourth-order valence-corrected chi connectivity index (χ4v) is 2.03. The molecule has 0 aromatic heterocycles. The summed E-state index contributed by atoms with van der Waals surface area (Å²) in [6.45, 7) is 2.64. The van der Waals surface area contributed by atoms with E-state index >= 15 is 0 Å². The predicted molar refractivity (Wildman–Crippen MR) is 38.9 cm³/mol. The van der Waals surface area contributed by atoms with Gasteiger partial charge in [0.2, 0.25) is 0 Å². The zero-order valence-corrected chi connectivity index (χ0v) is 7.60. The Balaban J connectivity index is 4.14. The summed E-state index contributed by atoms with van der Waals surface area (Å²) in [5, 5.41) is 0. The van der Waals surface area contributed by atoms with E-state index in [2.05, 4.69) is 11.1 Å². The van der Waals surface area contributed by atoms with E-state index in [4.69, 9.17) is 4.89 Å². The number of hydrogen-bond donors (Lipinski definition) is 2. The van der Waals surface area contributed by atoms with Crippen LogP contribution in [0.15, 0.2) is 12.7 Å². The zero-order valence-electron chi connectivity index (χ0n) is 5.81. The molecule has 12 heavy (non-hydrogen) atoms. The van der Waals surface area contributed by atoms with Crippen molar-refractivity contribution >= 4 is 15.7 Å². The van der Waals surface area contributed by atoms with E-state index in [0.717, 1.165) is 6.08 Å². The van der Waals surface area contributed by atoms with Gasteiger partial charge in [-0.2, -0.15) is 0 Å². The summed E-state index contributed by atoms with van der Waals surface area (Å²) >= 11 is 0. The number of halogens is 2. The summed E-state index contributed by atoms with van der Waals surface area (Å²) in [5.41, 5.74) is 0. The van der Waals surface area contributed by atoms with Crippen LogP contribution in [0.4, 0.5) is 8.39 Å². The molecule has 0 spiro atoms. The Morgan fingerprint density at radius 1 is 1.58 bits per heavy atom. The van der Waals surface area contributed by atoms with Crippen molar-refractivity contribution in [1.82, 2.24) is 4.86 Å². The Morgan fingerprint density at radius 3 is 2.42 bits per heavy atom. The third-order valence-corrected chi connectivity index (χ3v) is 3.02. The van der Waals surface area contributed by atoms with Gasteiger partial charge in [-0.1, -0.05) is 6.08 Å². The van der Waals surface area contributed by atoms with E-state index in [1.54, 1.807) is 0 Å². The Labute approximate surface area is 67.7 Å². The van der Waals surface area contributed by atoms with Crippen molar-refractivity contribution in [3.63, 3.8) is 0 Å². The van der Waals surface area contributed by atoms with E-state index in [-0.39, 0.29) is 0 Å². The second-order valence-electron chi connectivity index (χ2n) is 1.67. The van der Waals surface area contributed by atoms with Gasteiger partial charge in [-0.3, -0.25) is 4.52 Å². The van der Waals surface area contributed by atoms with Crippen molar-refractivity contribution < 1.29 is 26.9 Å². The Morgan fingerprint density at radius 2 is 2.08 bits per heavy atom. The molecule has 2 N–H and O–H groups in total. The molecule has 0 aromatic carbocycles. The standard InChI is InChI=1S/C3H7F2NO4P2/c1-2-3-10-12(5,9)6-11(4,7)8/h2H,1,3H2,(H2,6,7,8,9). The van der Waals surface area contributed by atoms with Gasteiger partial charge < -0.3 is 4.89 Å². The first-order valence-electron chi connectivity index (χ1n) is 2.64. The molecule has 0 aliphatic carbocycles. The van der Waals surface area contributed by atoms with E-state index in [1.807, 2.05) is 0 Å². The van der Waals surface area contributed by atoms with Crippen LogP contribution >= 0.6 is 15.7 Å². The lowest BCUT2D eigenvalue weighted by molar-refractivity contribution is 0.312. The van der Waals surface area contributed by atoms with Gasteiger partial charge in [0.25, 0.3) is 0 Å². The number of nitrogens with one attached hydrogen (secondary N) is 1. The maximum absolute atomic E-state index is 12.4. The van der Waals surface area contributed by atoms with E-state index in [9.17, 15) is 17.5 Å². The van der Waals surface area contributed by atoms with Crippen LogP contribution in [0, 0.1) is 0 Å². The summed E-state index contributed by atoms with van der Waals surface area (Å²) in [6.07, 6.45) is 1.05. The average molecular weight is 221 g/mol. The molecule has 0 bridgehead atoms. The highest BCUT2D eigenvalue weighted by Gasteiger charge is 2.32. The first-order chi connectivity index (χ1) is 5.27. The van der Waals surface area contributed by atoms with Crippen molar-refractivity contribution in [2.75, 3.05) is 6.61 Å². The minimum absolute atomic E-state index is 0.458. The Kier molecular flexibility index (Phi) is 4.23. The van der Waals surface area contributed by atoms with Crippen molar-refractivity contribution in [2.24, 2.45) is 0 Å². The van der Waals surface area contributed by atoms with Gasteiger partial charge in [0.05, 0.1) is 6.61 Å². The molecule has 0 saturated carbocycles. The van der Waals surface area contributed by atoms with Crippen LogP contribution in [0.5, 0.6) is 0 Å². The number of rotatable bonds is 5. The molecule has 0 aliphatic heterocycles. The zero-order chi connectivity index (χ0) is 9.83. The van der Waals surface area contributed by atoms with Crippen LogP contribution < -0.4 is 4.86 Å². The minimum Gasteiger partial charge on any atom is -0.309 e. The number of hydrogen-bond acceptors (Lipinski definition) is 3. The van der Waals surface area contributed by atoms with Gasteiger partial charge in [-0.15, -0.1) is 19.8 Å². The summed E-state index contributed by atoms with van der Waals surface area (Å²) < 4.78 is 48.2. The summed E-state index contributed by atoms with van der Waals surface area (Å²) in [7, 11) is -10.4. The molecule has 2 atom stereocenters.